The summed E-state index contributed by atoms with van der Waals surface area (Å²) in [5.41, 5.74) is 4.01. The highest BCUT2D eigenvalue weighted by molar-refractivity contribution is 7.90. The first-order chi connectivity index (χ1) is 29.2. The van der Waals surface area contributed by atoms with Crippen LogP contribution in [-0.2, 0) is 29.6 Å². The summed E-state index contributed by atoms with van der Waals surface area (Å²) >= 11 is 0. The van der Waals surface area contributed by atoms with Crippen molar-refractivity contribution in [3.63, 3.8) is 0 Å². The Hall–Kier alpha value is -6.62. The van der Waals surface area contributed by atoms with Crippen LogP contribution in [0.2, 0.25) is 0 Å². The number of carbonyl (C=O) groups is 2. The van der Waals surface area contributed by atoms with Crippen LogP contribution in [0.3, 0.4) is 0 Å². The van der Waals surface area contributed by atoms with E-state index in [1.54, 1.807) is 97.7 Å². The van der Waals surface area contributed by atoms with Crippen LogP contribution in [0.15, 0.2) is 150 Å². The molecule has 4 aromatic carbocycles. The second-order valence-electron chi connectivity index (χ2n) is 12.8. The monoisotopic (exact) mass is 904 g/mol. The van der Waals surface area contributed by atoms with E-state index in [0.29, 0.717) is 21.6 Å². The molecule has 0 spiro atoms. The summed E-state index contributed by atoms with van der Waals surface area (Å²) < 4.78 is 118. The van der Waals surface area contributed by atoms with Crippen molar-refractivity contribution in [2.45, 2.75) is 28.2 Å². The average molecular weight is 905 g/mol. The third kappa shape index (κ3) is 11.0. The largest absolute Gasteiger partial charge is 0.490 e. The molecule has 1 aliphatic heterocycles. The summed E-state index contributed by atoms with van der Waals surface area (Å²) in [6, 6.07) is 32.2. The molecule has 4 heterocycles. The summed E-state index contributed by atoms with van der Waals surface area (Å²) in [6.07, 6.45) is -2.06. The van der Waals surface area contributed by atoms with Gasteiger partial charge in [0.1, 0.15) is 0 Å². The summed E-state index contributed by atoms with van der Waals surface area (Å²) in [7, 11) is -7.23. The molecule has 0 aliphatic carbocycles. The Balaban J connectivity index is 0.000000180. The molecule has 0 radical (unpaired) electrons. The summed E-state index contributed by atoms with van der Waals surface area (Å²) in [6.45, 7) is 2.70. The zero-order valence-corrected chi connectivity index (χ0v) is 33.3. The van der Waals surface area contributed by atoms with Crippen molar-refractivity contribution in [3.8, 4) is 11.3 Å². The predicted molar refractivity (Wildman–Crippen MR) is 214 cm³/mol. The Morgan fingerprint density at radius 2 is 1.11 bits per heavy atom. The van der Waals surface area contributed by atoms with Gasteiger partial charge >= 0.3 is 24.3 Å². The number of fused-ring (bicyclic) bond motifs is 2. The van der Waals surface area contributed by atoms with Gasteiger partial charge < -0.3 is 20.8 Å². The van der Waals surface area contributed by atoms with Gasteiger partial charge in [-0.25, -0.2) is 34.4 Å². The molecule has 1 atom stereocenters. The zero-order chi connectivity index (χ0) is 45.3. The maximum Gasteiger partial charge on any atom is 0.490 e. The topological polar surface area (TPSA) is 203 Å². The predicted octanol–water partition coefficient (Wildman–Crippen LogP) is 6.71. The van der Waals surface area contributed by atoms with Gasteiger partial charge in [-0.2, -0.15) is 26.3 Å². The minimum absolute atomic E-state index is 0.192. The Labute approximate surface area is 349 Å². The first-order valence-corrected chi connectivity index (χ1v) is 20.7. The fraction of sp³-hybridized carbons (Fsp3) is 0.150. The van der Waals surface area contributed by atoms with E-state index in [1.807, 2.05) is 36.4 Å². The third-order valence-electron chi connectivity index (χ3n) is 8.77. The van der Waals surface area contributed by atoms with Crippen molar-refractivity contribution >= 4 is 53.8 Å². The molecule has 4 N–H and O–H groups in total. The van der Waals surface area contributed by atoms with Crippen LogP contribution < -0.4 is 10.6 Å². The SMILES string of the molecule is O=C(O)C(F)(F)F.O=C(O)C(F)(F)F.O=S(=O)(c1ccccc1)n1ccc2c(-c3cnccn3)cccc21.O=S(=O)(c1ccccc1)n1ccc2c(C3CNCCN3)cccc21. The molecule has 326 valence electrons. The lowest BCUT2D eigenvalue weighted by molar-refractivity contribution is -0.193. The van der Waals surface area contributed by atoms with Crippen LogP contribution >= 0.6 is 0 Å². The van der Waals surface area contributed by atoms with Gasteiger partial charge in [0.2, 0.25) is 0 Å². The van der Waals surface area contributed by atoms with Gasteiger partial charge in [0, 0.05) is 66.8 Å². The van der Waals surface area contributed by atoms with E-state index >= 15 is 0 Å². The van der Waals surface area contributed by atoms with Gasteiger partial charge in [-0.1, -0.05) is 60.7 Å². The van der Waals surface area contributed by atoms with Crippen molar-refractivity contribution in [2.75, 3.05) is 19.6 Å². The van der Waals surface area contributed by atoms with Crippen LogP contribution in [0.25, 0.3) is 33.1 Å². The minimum Gasteiger partial charge on any atom is -0.475 e. The van der Waals surface area contributed by atoms with Crippen LogP contribution in [0.5, 0.6) is 0 Å². The maximum atomic E-state index is 12.9. The Morgan fingerprint density at radius 3 is 1.56 bits per heavy atom. The molecule has 3 aromatic heterocycles. The molecular weight excluding hydrogens is 871 g/mol. The average Bonchev–Trinajstić information content (AvgIpc) is 3.91. The third-order valence-corrected chi connectivity index (χ3v) is 12.2. The smallest absolute Gasteiger partial charge is 0.475 e. The van der Waals surface area contributed by atoms with Gasteiger partial charge in [-0.05, 0) is 54.1 Å². The number of benzene rings is 4. The molecular formula is C40H34F6N6O8S2. The number of alkyl halides is 6. The fourth-order valence-electron chi connectivity index (χ4n) is 5.98. The van der Waals surface area contributed by atoms with Crippen LogP contribution in [-0.4, -0.2) is 88.9 Å². The number of aliphatic carboxylic acids is 2. The lowest BCUT2D eigenvalue weighted by Gasteiger charge is -2.25. The van der Waals surface area contributed by atoms with E-state index in [0.717, 1.165) is 41.5 Å². The number of aromatic nitrogens is 4. The second-order valence-corrected chi connectivity index (χ2v) is 16.4. The molecule has 7 aromatic rings. The van der Waals surface area contributed by atoms with E-state index in [1.165, 1.54) is 7.94 Å². The summed E-state index contributed by atoms with van der Waals surface area (Å²) in [5.74, 6) is -5.51. The number of hydrogen-bond acceptors (Lipinski definition) is 10. The van der Waals surface area contributed by atoms with Crippen molar-refractivity contribution in [3.05, 3.63) is 146 Å². The number of carboxylic acids is 2. The summed E-state index contributed by atoms with van der Waals surface area (Å²) in [5, 5.41) is 22.9. The molecule has 0 bridgehead atoms. The number of hydrogen-bond donors (Lipinski definition) is 4. The minimum atomic E-state index is -5.08. The molecule has 1 saturated heterocycles. The number of halogens is 6. The maximum absolute atomic E-state index is 12.9. The number of carboxylic acid groups (broad SMARTS) is 2. The van der Waals surface area contributed by atoms with E-state index in [9.17, 15) is 43.2 Å². The number of nitrogens with zero attached hydrogens (tertiary/aromatic N) is 4. The van der Waals surface area contributed by atoms with Gasteiger partial charge in [0.25, 0.3) is 20.0 Å². The highest BCUT2D eigenvalue weighted by Gasteiger charge is 2.39. The molecule has 0 saturated carbocycles. The highest BCUT2D eigenvalue weighted by Crippen LogP contribution is 2.31. The molecule has 1 fully saturated rings. The lowest BCUT2D eigenvalue weighted by Crippen LogP contribution is -2.42. The van der Waals surface area contributed by atoms with Crippen LogP contribution in [0.1, 0.15) is 11.6 Å². The Bertz CT molecular complexity index is 2830. The number of nitrogens with one attached hydrogen (secondary N) is 2. The van der Waals surface area contributed by atoms with E-state index in [-0.39, 0.29) is 10.9 Å². The lowest BCUT2D eigenvalue weighted by atomic mass is 10.0. The first kappa shape index (κ1) is 46.4. The van der Waals surface area contributed by atoms with E-state index in [4.69, 9.17) is 19.8 Å². The molecule has 22 heteroatoms. The molecule has 1 unspecified atom stereocenters. The molecule has 8 rings (SSSR count). The normalized spacial score (nSPS) is 14.3. The van der Waals surface area contributed by atoms with Crippen molar-refractivity contribution in [2.24, 2.45) is 0 Å². The molecule has 14 nitrogen and oxygen atoms in total. The molecule has 0 amide bonds. The fourth-order valence-corrected chi connectivity index (χ4v) is 8.71. The number of rotatable bonds is 6. The van der Waals surface area contributed by atoms with Gasteiger partial charge in [-0.3, -0.25) is 9.97 Å². The van der Waals surface area contributed by atoms with Gasteiger partial charge in [0.05, 0.1) is 32.7 Å². The van der Waals surface area contributed by atoms with E-state index in [2.05, 4.69) is 26.7 Å². The van der Waals surface area contributed by atoms with Crippen molar-refractivity contribution < 1.29 is 63.0 Å². The highest BCUT2D eigenvalue weighted by atomic mass is 32.2. The Morgan fingerprint density at radius 1 is 0.629 bits per heavy atom. The van der Waals surface area contributed by atoms with E-state index < -0.39 is 44.3 Å². The van der Waals surface area contributed by atoms with Gasteiger partial charge in [-0.15, -0.1) is 0 Å². The molecule has 62 heavy (non-hydrogen) atoms. The quantitative estimate of drug-likeness (QED) is 0.129. The van der Waals surface area contributed by atoms with Crippen molar-refractivity contribution in [1.82, 2.24) is 28.5 Å². The second kappa shape index (κ2) is 19.4. The zero-order valence-electron chi connectivity index (χ0n) is 31.7. The summed E-state index contributed by atoms with van der Waals surface area (Å²) in [4.78, 5) is 26.7. The number of piperazine rings is 1. The van der Waals surface area contributed by atoms with Crippen LogP contribution in [0.4, 0.5) is 26.3 Å². The van der Waals surface area contributed by atoms with Crippen molar-refractivity contribution in [1.29, 1.82) is 0 Å². The standard InChI is InChI=1S/C18H19N3O2S.C18H13N3O2S.2C2HF3O2/c2*22-24(23,14-5-2-1-3-6-14)21-12-9-16-15(7-4-8-18(16)21)17-13-19-10-11-20-17;2*3-2(4,5)1(6)7/h1-9,12,17,19-20H,10-11,13H2;1-13H;2*(H,6,7). The Kier molecular flexibility index (Phi) is 14.5. The first-order valence-electron chi connectivity index (χ1n) is 17.9. The molecule has 1 aliphatic rings. The van der Waals surface area contributed by atoms with Gasteiger partial charge in [0.15, 0.2) is 0 Å². The van der Waals surface area contributed by atoms with Crippen LogP contribution in [0, 0.1) is 0 Å².